The van der Waals surface area contributed by atoms with Gasteiger partial charge in [0.05, 0.1) is 31.1 Å². The molecule has 0 amide bonds. The molecule has 4 aliphatic rings. The van der Waals surface area contributed by atoms with E-state index in [1.807, 2.05) is 49.8 Å². The van der Waals surface area contributed by atoms with Crippen LogP contribution in [-0.4, -0.2) is 61.7 Å². The van der Waals surface area contributed by atoms with Crippen molar-refractivity contribution in [2.24, 2.45) is 17.8 Å². The largest absolute Gasteiger partial charge is 0.490 e. The number of thioether (sulfide) groups is 1. The minimum Gasteiger partial charge on any atom is -0.490 e. The maximum Gasteiger partial charge on any atom is 0.337 e. The van der Waals surface area contributed by atoms with Crippen molar-refractivity contribution in [3.8, 4) is 5.75 Å². The zero-order chi connectivity index (χ0) is 32.4. The van der Waals surface area contributed by atoms with E-state index >= 15 is 0 Å². The molecular formula is C38H44ClN3O4S. The second-order valence-electron chi connectivity index (χ2n) is 13.7. The highest BCUT2D eigenvalue weighted by molar-refractivity contribution is 7.99. The lowest BCUT2D eigenvalue weighted by atomic mass is 9.66. The fourth-order valence-electron chi connectivity index (χ4n) is 8.33. The normalized spacial score (nSPS) is 25.8. The Morgan fingerprint density at radius 1 is 1.13 bits per heavy atom. The van der Waals surface area contributed by atoms with Crippen LogP contribution in [0.5, 0.6) is 5.75 Å². The predicted molar refractivity (Wildman–Crippen MR) is 187 cm³/mol. The maximum atomic E-state index is 12.6. The lowest BCUT2D eigenvalue weighted by Crippen LogP contribution is -2.50. The molecule has 1 fully saturated rings. The monoisotopic (exact) mass is 673 g/mol. The molecule has 2 aromatic carbocycles. The SMILES string of the molecule is COC(=O)c1ccc2c(c1)N(C[C@@H]1CC[C@H]1[C@H](OC)C1=CC[C@H](CSc3ncccn3)CC1)CC1(CCCc3cc(Cl)ccc31)CO2. The molecule has 9 heteroatoms. The summed E-state index contributed by atoms with van der Waals surface area (Å²) in [5.41, 5.74) is 5.49. The average molecular weight is 674 g/mol. The Bertz CT molecular complexity index is 1620. The first kappa shape index (κ1) is 32.5. The van der Waals surface area contributed by atoms with Crippen LogP contribution in [0.3, 0.4) is 0 Å². The van der Waals surface area contributed by atoms with E-state index in [1.54, 1.807) is 11.8 Å². The number of aromatic nitrogens is 2. The molecule has 5 atom stereocenters. The molecule has 3 aliphatic carbocycles. The van der Waals surface area contributed by atoms with Gasteiger partial charge in [0, 0.05) is 48.8 Å². The third-order valence-electron chi connectivity index (χ3n) is 10.9. The molecule has 47 heavy (non-hydrogen) atoms. The molecule has 0 N–H and O–H groups in total. The number of ether oxygens (including phenoxy) is 3. The Morgan fingerprint density at radius 2 is 2.00 bits per heavy atom. The first-order valence-electron chi connectivity index (χ1n) is 17.0. The number of fused-ring (bicyclic) bond motifs is 3. The van der Waals surface area contributed by atoms with Crippen molar-refractivity contribution >= 4 is 35.0 Å². The average Bonchev–Trinajstić information content (AvgIpc) is 3.25. The third-order valence-corrected chi connectivity index (χ3v) is 12.3. The van der Waals surface area contributed by atoms with E-state index < -0.39 is 0 Å². The van der Waals surface area contributed by atoms with E-state index in [0.717, 1.165) is 85.4 Å². The van der Waals surface area contributed by atoms with Crippen LogP contribution < -0.4 is 9.64 Å². The number of benzene rings is 2. The molecule has 1 spiro atoms. The molecule has 248 valence electrons. The number of carbonyl (C=O) groups excluding carboxylic acids is 1. The molecule has 0 radical (unpaired) electrons. The molecule has 3 aromatic rings. The fraction of sp³-hybridized carbons (Fsp3) is 0.500. The van der Waals surface area contributed by atoms with Crippen LogP contribution in [0.15, 0.2) is 71.7 Å². The summed E-state index contributed by atoms with van der Waals surface area (Å²) in [4.78, 5) is 23.9. The number of nitrogens with zero attached hydrogens (tertiary/aromatic N) is 3. The van der Waals surface area contributed by atoms with Crippen molar-refractivity contribution < 1.29 is 19.0 Å². The molecule has 2 heterocycles. The molecule has 1 saturated carbocycles. The van der Waals surface area contributed by atoms with Gasteiger partial charge >= 0.3 is 5.97 Å². The van der Waals surface area contributed by atoms with Crippen LogP contribution in [0.2, 0.25) is 5.02 Å². The van der Waals surface area contributed by atoms with E-state index in [1.165, 1.54) is 30.2 Å². The molecule has 0 saturated heterocycles. The van der Waals surface area contributed by atoms with Crippen molar-refractivity contribution in [2.45, 2.75) is 68.0 Å². The fourth-order valence-corrected chi connectivity index (χ4v) is 9.49. The summed E-state index contributed by atoms with van der Waals surface area (Å²) in [6, 6.07) is 14.0. The summed E-state index contributed by atoms with van der Waals surface area (Å²) in [7, 11) is 3.32. The van der Waals surface area contributed by atoms with Gasteiger partial charge in [-0.15, -0.1) is 0 Å². The number of carbonyl (C=O) groups is 1. The Hall–Kier alpha value is -3.07. The molecule has 1 aromatic heterocycles. The highest BCUT2D eigenvalue weighted by Crippen LogP contribution is 2.48. The second-order valence-corrected chi connectivity index (χ2v) is 15.1. The highest BCUT2D eigenvalue weighted by atomic mass is 35.5. The summed E-state index contributed by atoms with van der Waals surface area (Å²) >= 11 is 8.21. The number of rotatable bonds is 9. The quantitative estimate of drug-likeness (QED) is 0.0981. The molecular weight excluding hydrogens is 630 g/mol. The van der Waals surface area contributed by atoms with Gasteiger partial charge in [-0.1, -0.05) is 35.5 Å². The van der Waals surface area contributed by atoms with Gasteiger partial charge in [-0.05, 0) is 122 Å². The van der Waals surface area contributed by atoms with E-state index in [9.17, 15) is 4.79 Å². The number of hydrogen-bond donors (Lipinski definition) is 0. The molecule has 7 nitrogen and oxygen atoms in total. The molecule has 1 unspecified atom stereocenters. The van der Waals surface area contributed by atoms with E-state index in [2.05, 4.69) is 33.1 Å². The van der Waals surface area contributed by atoms with Crippen LogP contribution in [0.25, 0.3) is 0 Å². The number of esters is 1. The Balaban J connectivity index is 1.11. The van der Waals surface area contributed by atoms with Gasteiger partial charge in [-0.25, -0.2) is 14.8 Å². The van der Waals surface area contributed by atoms with Gasteiger partial charge in [-0.2, -0.15) is 0 Å². The summed E-state index contributed by atoms with van der Waals surface area (Å²) in [5.74, 6) is 3.10. The van der Waals surface area contributed by atoms with Crippen LogP contribution in [0.1, 0.15) is 66.4 Å². The van der Waals surface area contributed by atoms with Gasteiger partial charge in [0.15, 0.2) is 5.16 Å². The maximum absolute atomic E-state index is 12.6. The topological polar surface area (TPSA) is 73.8 Å². The van der Waals surface area contributed by atoms with Crippen molar-refractivity contribution in [1.82, 2.24) is 9.97 Å². The van der Waals surface area contributed by atoms with Gasteiger partial charge in [0.1, 0.15) is 5.75 Å². The highest BCUT2D eigenvalue weighted by Gasteiger charge is 2.45. The Morgan fingerprint density at radius 3 is 2.74 bits per heavy atom. The summed E-state index contributed by atoms with van der Waals surface area (Å²) in [5, 5.41) is 1.64. The van der Waals surface area contributed by atoms with Crippen LogP contribution in [0.4, 0.5) is 5.69 Å². The number of hydrogen-bond acceptors (Lipinski definition) is 8. The zero-order valence-electron chi connectivity index (χ0n) is 27.3. The number of aryl methyl sites for hydroxylation is 1. The molecule has 7 rings (SSSR count). The summed E-state index contributed by atoms with van der Waals surface area (Å²) in [6.45, 7) is 2.31. The number of halogens is 1. The molecule has 1 aliphatic heterocycles. The van der Waals surface area contributed by atoms with Gasteiger partial charge in [0.2, 0.25) is 0 Å². The van der Waals surface area contributed by atoms with E-state index in [0.29, 0.717) is 29.9 Å². The summed E-state index contributed by atoms with van der Waals surface area (Å²) in [6.07, 6.45) is 15.0. The van der Waals surface area contributed by atoms with Crippen molar-refractivity contribution in [3.05, 3.63) is 88.2 Å². The van der Waals surface area contributed by atoms with Crippen molar-refractivity contribution in [1.29, 1.82) is 0 Å². The lowest BCUT2D eigenvalue weighted by molar-refractivity contribution is 0.00323. The van der Waals surface area contributed by atoms with Crippen molar-refractivity contribution in [3.63, 3.8) is 0 Å². The second kappa shape index (κ2) is 14.2. The van der Waals surface area contributed by atoms with E-state index in [4.69, 9.17) is 25.8 Å². The van der Waals surface area contributed by atoms with E-state index in [-0.39, 0.29) is 17.5 Å². The van der Waals surface area contributed by atoms with Gasteiger partial charge in [0.25, 0.3) is 0 Å². The minimum atomic E-state index is -0.331. The number of methoxy groups -OCH3 is 2. The minimum absolute atomic E-state index is 0.135. The summed E-state index contributed by atoms with van der Waals surface area (Å²) < 4.78 is 18.0. The lowest BCUT2D eigenvalue weighted by Gasteiger charge is -2.47. The van der Waals surface area contributed by atoms with Crippen molar-refractivity contribution in [2.75, 3.05) is 44.6 Å². The van der Waals surface area contributed by atoms with Gasteiger partial charge < -0.3 is 19.1 Å². The van der Waals surface area contributed by atoms with Crippen LogP contribution >= 0.6 is 23.4 Å². The standard InChI is InChI=1S/C38H44ClN3O4S/c1-44-35(26-8-6-25(7-9-26)22-47-37-40-17-4-18-41-37)31-13-10-29(31)21-42-23-38(16-3-5-27-19-30(39)12-14-32(27)38)24-46-34-15-11-28(20-33(34)42)36(43)45-2/h4,8,11-12,14-15,17-20,25,29,31,35H,3,5-7,9-10,13,16,21-24H2,1-2H3/t25-,29-,31+,35+,38?/m0/s1. The first-order valence-corrected chi connectivity index (χ1v) is 18.3. The molecule has 0 bridgehead atoms. The smallest absolute Gasteiger partial charge is 0.337 e. The predicted octanol–water partition coefficient (Wildman–Crippen LogP) is 7.95. The first-order chi connectivity index (χ1) is 23.0. The Kier molecular flexibility index (Phi) is 9.81. The zero-order valence-corrected chi connectivity index (χ0v) is 28.9. The Labute approximate surface area is 287 Å². The third kappa shape index (κ3) is 6.79. The number of allylic oxidation sites excluding steroid dienone is 1. The van der Waals surface area contributed by atoms with Crippen LogP contribution in [0, 0.1) is 17.8 Å². The number of anilines is 1. The van der Waals surface area contributed by atoms with Gasteiger partial charge in [-0.3, -0.25) is 0 Å². The van der Waals surface area contributed by atoms with Crippen LogP contribution in [-0.2, 0) is 21.3 Å².